The molecule has 0 fully saturated rings. The third-order valence-corrected chi connectivity index (χ3v) is 3.47. The standard InChI is InChI=1S/C18H20O6/c1-20-14-9-5-7-12(16(14)22-3)11-24-18(19)13-8-6-10-15(21-2)17(13)23-4/h5-10H,11H2,1-4H3. The van der Waals surface area contributed by atoms with E-state index in [1.54, 1.807) is 43.5 Å². The second kappa shape index (κ2) is 8.10. The minimum atomic E-state index is -0.518. The average molecular weight is 332 g/mol. The van der Waals surface area contributed by atoms with Gasteiger partial charge in [0, 0.05) is 5.56 Å². The Labute approximate surface area is 140 Å². The first-order valence-electron chi connectivity index (χ1n) is 7.24. The maximum atomic E-state index is 12.4. The third kappa shape index (κ3) is 3.53. The highest BCUT2D eigenvalue weighted by Gasteiger charge is 2.19. The summed E-state index contributed by atoms with van der Waals surface area (Å²) in [5.74, 6) is 1.39. The molecule has 0 aromatic heterocycles. The van der Waals surface area contributed by atoms with Crippen molar-refractivity contribution in [1.82, 2.24) is 0 Å². The highest BCUT2D eigenvalue weighted by molar-refractivity contribution is 5.93. The third-order valence-electron chi connectivity index (χ3n) is 3.47. The summed E-state index contributed by atoms with van der Waals surface area (Å²) in [5, 5.41) is 0. The molecular weight excluding hydrogens is 312 g/mol. The first-order valence-corrected chi connectivity index (χ1v) is 7.24. The lowest BCUT2D eigenvalue weighted by atomic mass is 10.1. The van der Waals surface area contributed by atoms with Crippen LogP contribution in [0.25, 0.3) is 0 Å². The van der Waals surface area contributed by atoms with Crippen LogP contribution in [0, 0.1) is 0 Å². The van der Waals surface area contributed by atoms with Gasteiger partial charge in [-0.2, -0.15) is 0 Å². The van der Waals surface area contributed by atoms with Crippen LogP contribution in [0.1, 0.15) is 15.9 Å². The average Bonchev–Trinajstić information content (AvgIpc) is 2.64. The van der Waals surface area contributed by atoms with E-state index in [4.69, 9.17) is 23.7 Å². The zero-order chi connectivity index (χ0) is 17.5. The predicted molar refractivity (Wildman–Crippen MR) is 88.2 cm³/mol. The summed E-state index contributed by atoms with van der Waals surface area (Å²) >= 11 is 0. The van der Waals surface area contributed by atoms with Gasteiger partial charge in [-0.1, -0.05) is 18.2 Å². The SMILES string of the molecule is COc1cccc(COC(=O)c2cccc(OC)c2OC)c1OC. The molecule has 2 aromatic carbocycles. The Hall–Kier alpha value is -2.89. The van der Waals surface area contributed by atoms with Crippen LogP contribution in [-0.2, 0) is 11.3 Å². The van der Waals surface area contributed by atoms with E-state index in [1.807, 2.05) is 0 Å². The number of rotatable bonds is 7. The van der Waals surface area contributed by atoms with E-state index in [0.29, 0.717) is 34.1 Å². The van der Waals surface area contributed by atoms with Crippen LogP contribution in [0.3, 0.4) is 0 Å². The van der Waals surface area contributed by atoms with E-state index in [9.17, 15) is 4.79 Å². The highest BCUT2D eigenvalue weighted by atomic mass is 16.5. The summed E-state index contributed by atoms with van der Waals surface area (Å²) in [4.78, 5) is 12.4. The molecule has 0 aliphatic rings. The van der Waals surface area contributed by atoms with Crippen molar-refractivity contribution >= 4 is 5.97 Å². The fraction of sp³-hybridized carbons (Fsp3) is 0.278. The number of esters is 1. The van der Waals surface area contributed by atoms with Crippen LogP contribution in [0.4, 0.5) is 0 Å². The summed E-state index contributed by atoms with van der Waals surface area (Å²) in [6.45, 7) is 0.0412. The number of methoxy groups -OCH3 is 4. The van der Waals surface area contributed by atoms with Gasteiger partial charge in [-0.15, -0.1) is 0 Å². The first kappa shape index (κ1) is 17.5. The number of carbonyl (C=O) groups excluding carboxylic acids is 1. The molecule has 0 radical (unpaired) electrons. The molecule has 0 bridgehead atoms. The Balaban J connectivity index is 2.20. The number of carbonyl (C=O) groups is 1. The van der Waals surface area contributed by atoms with Gasteiger partial charge < -0.3 is 23.7 Å². The molecule has 6 nitrogen and oxygen atoms in total. The highest BCUT2D eigenvalue weighted by Crippen LogP contribution is 2.33. The summed E-state index contributed by atoms with van der Waals surface area (Å²) in [5.41, 5.74) is 0.991. The van der Waals surface area contributed by atoms with Gasteiger partial charge in [0.15, 0.2) is 23.0 Å². The summed E-state index contributed by atoms with van der Waals surface area (Å²) in [6, 6.07) is 10.4. The Morgan fingerprint density at radius 2 is 1.38 bits per heavy atom. The Bertz CT molecular complexity index is 711. The number of hydrogen-bond donors (Lipinski definition) is 0. The largest absolute Gasteiger partial charge is 0.493 e. The topological polar surface area (TPSA) is 63.2 Å². The van der Waals surface area contributed by atoms with Gasteiger partial charge in [0.05, 0.1) is 28.4 Å². The lowest BCUT2D eigenvalue weighted by Gasteiger charge is -2.14. The van der Waals surface area contributed by atoms with Crippen LogP contribution >= 0.6 is 0 Å². The zero-order valence-corrected chi connectivity index (χ0v) is 14.1. The van der Waals surface area contributed by atoms with Crippen molar-refractivity contribution in [2.75, 3.05) is 28.4 Å². The molecule has 0 aliphatic carbocycles. The molecule has 0 N–H and O–H groups in total. The van der Waals surface area contributed by atoms with Crippen molar-refractivity contribution in [1.29, 1.82) is 0 Å². The molecule has 0 unspecified atom stereocenters. The van der Waals surface area contributed by atoms with Crippen LogP contribution in [-0.4, -0.2) is 34.4 Å². The Kier molecular flexibility index (Phi) is 5.89. The minimum absolute atomic E-state index is 0.0412. The van der Waals surface area contributed by atoms with Gasteiger partial charge >= 0.3 is 5.97 Å². The van der Waals surface area contributed by atoms with E-state index < -0.39 is 5.97 Å². The quantitative estimate of drug-likeness (QED) is 0.726. The van der Waals surface area contributed by atoms with E-state index >= 15 is 0 Å². The molecule has 128 valence electrons. The molecule has 0 saturated heterocycles. The molecule has 0 saturated carbocycles. The van der Waals surface area contributed by atoms with Crippen LogP contribution in [0.15, 0.2) is 36.4 Å². The first-order chi connectivity index (χ1) is 11.7. The van der Waals surface area contributed by atoms with E-state index in [2.05, 4.69) is 0 Å². The van der Waals surface area contributed by atoms with Crippen molar-refractivity contribution in [3.63, 3.8) is 0 Å². The molecule has 6 heteroatoms. The predicted octanol–water partition coefficient (Wildman–Crippen LogP) is 3.08. The number of hydrogen-bond acceptors (Lipinski definition) is 6. The molecule has 0 heterocycles. The molecule has 2 aromatic rings. The molecule has 0 aliphatic heterocycles. The van der Waals surface area contributed by atoms with E-state index in [1.165, 1.54) is 21.3 Å². The molecule has 2 rings (SSSR count). The van der Waals surface area contributed by atoms with Gasteiger partial charge in [-0.05, 0) is 18.2 Å². The minimum Gasteiger partial charge on any atom is -0.493 e. The summed E-state index contributed by atoms with van der Waals surface area (Å²) in [7, 11) is 6.07. The van der Waals surface area contributed by atoms with Crippen molar-refractivity contribution < 1.29 is 28.5 Å². The Morgan fingerprint density at radius 1 is 0.792 bits per heavy atom. The lowest BCUT2D eigenvalue weighted by molar-refractivity contribution is 0.0465. The van der Waals surface area contributed by atoms with Gasteiger partial charge in [0.2, 0.25) is 0 Å². The van der Waals surface area contributed by atoms with E-state index in [-0.39, 0.29) is 6.61 Å². The monoisotopic (exact) mass is 332 g/mol. The molecule has 0 spiro atoms. The molecule has 0 atom stereocenters. The van der Waals surface area contributed by atoms with Gasteiger partial charge in [-0.25, -0.2) is 4.79 Å². The second-order valence-electron chi connectivity index (χ2n) is 4.77. The van der Waals surface area contributed by atoms with Crippen LogP contribution in [0.5, 0.6) is 23.0 Å². The fourth-order valence-electron chi connectivity index (χ4n) is 2.34. The van der Waals surface area contributed by atoms with Crippen molar-refractivity contribution in [2.24, 2.45) is 0 Å². The van der Waals surface area contributed by atoms with Crippen molar-refractivity contribution in [2.45, 2.75) is 6.61 Å². The van der Waals surface area contributed by atoms with Gasteiger partial charge in [0.1, 0.15) is 12.2 Å². The normalized spacial score (nSPS) is 10.0. The summed E-state index contributed by atoms with van der Waals surface area (Å²) in [6.07, 6.45) is 0. The molecule has 0 amide bonds. The molecular formula is C18H20O6. The van der Waals surface area contributed by atoms with Crippen LogP contribution in [0.2, 0.25) is 0 Å². The zero-order valence-electron chi connectivity index (χ0n) is 14.1. The van der Waals surface area contributed by atoms with Gasteiger partial charge in [-0.3, -0.25) is 0 Å². The lowest BCUT2D eigenvalue weighted by Crippen LogP contribution is -2.08. The number of ether oxygens (including phenoxy) is 5. The van der Waals surface area contributed by atoms with Crippen molar-refractivity contribution in [3.05, 3.63) is 47.5 Å². The maximum Gasteiger partial charge on any atom is 0.342 e. The Morgan fingerprint density at radius 3 is 1.96 bits per heavy atom. The fourth-order valence-corrected chi connectivity index (χ4v) is 2.34. The number of benzene rings is 2. The van der Waals surface area contributed by atoms with Gasteiger partial charge in [0.25, 0.3) is 0 Å². The van der Waals surface area contributed by atoms with Crippen LogP contribution < -0.4 is 18.9 Å². The maximum absolute atomic E-state index is 12.4. The van der Waals surface area contributed by atoms with E-state index in [0.717, 1.165) is 0 Å². The van der Waals surface area contributed by atoms with Crippen molar-refractivity contribution in [3.8, 4) is 23.0 Å². The second-order valence-corrected chi connectivity index (χ2v) is 4.77. The molecule has 24 heavy (non-hydrogen) atoms. The smallest absolute Gasteiger partial charge is 0.342 e. The number of para-hydroxylation sites is 2. The summed E-state index contributed by atoms with van der Waals surface area (Å²) < 4.78 is 26.4.